The van der Waals surface area contributed by atoms with E-state index in [2.05, 4.69) is 4.74 Å². The third-order valence-electron chi connectivity index (χ3n) is 3.37. The van der Waals surface area contributed by atoms with Gasteiger partial charge in [-0.3, -0.25) is 10.2 Å². The van der Waals surface area contributed by atoms with Gasteiger partial charge in [0.2, 0.25) is 0 Å². The predicted molar refractivity (Wildman–Crippen MR) is 96.4 cm³/mol. The Balaban J connectivity index is 0.00000392. The number of carbonyl (C=O) groups is 1. The first kappa shape index (κ1) is 23.8. The number of primary amides is 1. The smallest absolute Gasteiger partial charge is 0.406 e. The normalized spacial score (nSPS) is 11.6. The van der Waals surface area contributed by atoms with Gasteiger partial charge in [0.25, 0.3) is 5.91 Å². The molecule has 0 spiro atoms. The van der Waals surface area contributed by atoms with Crippen molar-refractivity contribution in [3.8, 4) is 5.75 Å². The number of carbonyl (C=O) groups excluding carboxylic acids is 1. The molecule has 0 unspecified atom stereocenters. The van der Waals surface area contributed by atoms with E-state index in [1.165, 1.54) is 6.20 Å². The zero-order chi connectivity index (χ0) is 20.6. The number of pyridine rings is 1. The SMILES string of the molecule is CS(=O)(=O)c1ccc(OC(F)(F)F)cc1Cn1cc(Cl)cc(C(N)=O)c1=N.Cl. The minimum Gasteiger partial charge on any atom is -0.406 e. The van der Waals surface area contributed by atoms with E-state index >= 15 is 0 Å². The van der Waals surface area contributed by atoms with Gasteiger partial charge in [-0.05, 0) is 29.8 Å². The summed E-state index contributed by atoms with van der Waals surface area (Å²) < 4.78 is 66.1. The molecule has 0 radical (unpaired) electrons. The number of rotatable bonds is 5. The number of amides is 1. The van der Waals surface area contributed by atoms with Crippen molar-refractivity contribution < 1.29 is 31.1 Å². The molecule has 28 heavy (non-hydrogen) atoms. The van der Waals surface area contributed by atoms with Gasteiger partial charge in [0.15, 0.2) is 9.84 Å². The average molecular weight is 460 g/mol. The van der Waals surface area contributed by atoms with Crippen molar-refractivity contribution in [2.75, 3.05) is 6.26 Å². The second kappa shape index (κ2) is 8.41. The Labute approximate surface area is 168 Å². The van der Waals surface area contributed by atoms with E-state index in [1.807, 2.05) is 0 Å². The van der Waals surface area contributed by atoms with E-state index in [4.69, 9.17) is 22.7 Å². The summed E-state index contributed by atoms with van der Waals surface area (Å²) in [6.07, 6.45) is -2.86. The van der Waals surface area contributed by atoms with Gasteiger partial charge in [0.1, 0.15) is 11.2 Å². The number of halogens is 5. The van der Waals surface area contributed by atoms with Crippen molar-refractivity contribution >= 4 is 39.8 Å². The van der Waals surface area contributed by atoms with Gasteiger partial charge in [0, 0.05) is 12.5 Å². The Kier molecular flexibility index (Phi) is 7.15. The number of nitrogens with zero attached hydrogens (tertiary/aromatic N) is 1. The molecular weight excluding hydrogens is 446 g/mol. The molecule has 1 aromatic carbocycles. The number of sulfone groups is 1. The second-order valence-electron chi connectivity index (χ2n) is 5.50. The molecule has 0 bridgehead atoms. The molecular formula is C15H14Cl2F3N3O4S. The molecule has 154 valence electrons. The Hall–Kier alpha value is -2.24. The number of benzene rings is 1. The van der Waals surface area contributed by atoms with Crippen LogP contribution in [0.1, 0.15) is 15.9 Å². The quantitative estimate of drug-likeness (QED) is 0.714. The third kappa shape index (κ3) is 5.88. The summed E-state index contributed by atoms with van der Waals surface area (Å²) in [5.41, 5.74) is 4.47. The minimum absolute atomic E-state index is 0. The molecule has 1 heterocycles. The van der Waals surface area contributed by atoms with E-state index in [0.717, 1.165) is 35.1 Å². The van der Waals surface area contributed by atoms with E-state index in [0.29, 0.717) is 0 Å². The van der Waals surface area contributed by atoms with Crippen LogP contribution in [0.2, 0.25) is 5.02 Å². The first-order chi connectivity index (χ1) is 12.3. The van der Waals surface area contributed by atoms with E-state index in [1.54, 1.807) is 0 Å². The van der Waals surface area contributed by atoms with Gasteiger partial charge in [-0.25, -0.2) is 8.42 Å². The number of hydrogen-bond acceptors (Lipinski definition) is 5. The summed E-state index contributed by atoms with van der Waals surface area (Å²) in [6.45, 7) is -0.364. The number of ether oxygens (including phenoxy) is 1. The maximum Gasteiger partial charge on any atom is 0.573 e. The van der Waals surface area contributed by atoms with Gasteiger partial charge < -0.3 is 15.0 Å². The summed E-state index contributed by atoms with van der Waals surface area (Å²) in [7, 11) is -3.80. The molecule has 3 N–H and O–H groups in total. The van der Waals surface area contributed by atoms with Crippen molar-refractivity contribution in [1.82, 2.24) is 4.57 Å². The lowest BCUT2D eigenvalue weighted by atomic mass is 10.2. The Morgan fingerprint density at radius 2 is 1.93 bits per heavy atom. The van der Waals surface area contributed by atoms with Gasteiger partial charge >= 0.3 is 6.36 Å². The number of alkyl halides is 3. The van der Waals surface area contributed by atoms with Crippen LogP contribution in [0.4, 0.5) is 13.2 Å². The fraction of sp³-hybridized carbons (Fsp3) is 0.200. The first-order valence-electron chi connectivity index (χ1n) is 7.11. The molecule has 2 aromatic rings. The van der Waals surface area contributed by atoms with Crippen molar-refractivity contribution in [1.29, 1.82) is 5.41 Å². The molecule has 0 aliphatic carbocycles. The van der Waals surface area contributed by atoms with Crippen LogP contribution in [0.3, 0.4) is 0 Å². The van der Waals surface area contributed by atoms with Crippen LogP contribution in [0.5, 0.6) is 5.75 Å². The predicted octanol–water partition coefficient (Wildman–Crippen LogP) is 2.49. The lowest BCUT2D eigenvalue weighted by Crippen LogP contribution is -2.30. The molecule has 0 saturated heterocycles. The monoisotopic (exact) mass is 459 g/mol. The highest BCUT2D eigenvalue weighted by Gasteiger charge is 2.31. The molecule has 13 heteroatoms. The van der Waals surface area contributed by atoms with Gasteiger partial charge in [-0.1, -0.05) is 11.6 Å². The summed E-state index contributed by atoms with van der Waals surface area (Å²) in [5, 5.41) is 8.02. The molecule has 1 aromatic heterocycles. The maximum absolute atomic E-state index is 12.4. The van der Waals surface area contributed by atoms with Crippen LogP contribution in [0, 0.1) is 5.41 Å². The van der Waals surface area contributed by atoms with Crippen LogP contribution in [-0.4, -0.2) is 31.5 Å². The van der Waals surface area contributed by atoms with Crippen molar-refractivity contribution in [2.24, 2.45) is 5.73 Å². The zero-order valence-electron chi connectivity index (χ0n) is 14.1. The molecule has 2 rings (SSSR count). The third-order valence-corrected chi connectivity index (χ3v) is 4.78. The fourth-order valence-electron chi connectivity index (χ4n) is 2.35. The van der Waals surface area contributed by atoms with Gasteiger partial charge in [-0.15, -0.1) is 25.6 Å². The largest absolute Gasteiger partial charge is 0.573 e. The summed E-state index contributed by atoms with van der Waals surface area (Å²) in [4.78, 5) is 11.1. The van der Waals surface area contributed by atoms with Crippen LogP contribution in [-0.2, 0) is 16.4 Å². The summed E-state index contributed by atoms with van der Waals surface area (Å²) >= 11 is 5.88. The summed E-state index contributed by atoms with van der Waals surface area (Å²) in [5.74, 6) is -1.57. The lowest BCUT2D eigenvalue weighted by Gasteiger charge is -2.15. The zero-order valence-corrected chi connectivity index (χ0v) is 16.5. The highest BCUT2D eigenvalue weighted by molar-refractivity contribution is 7.90. The lowest BCUT2D eigenvalue weighted by molar-refractivity contribution is -0.274. The Morgan fingerprint density at radius 3 is 2.43 bits per heavy atom. The highest BCUT2D eigenvalue weighted by atomic mass is 35.5. The number of nitrogens with two attached hydrogens (primary N) is 1. The minimum atomic E-state index is -4.97. The van der Waals surface area contributed by atoms with Crippen LogP contribution in [0.25, 0.3) is 0 Å². The molecule has 1 amide bonds. The standard InChI is InChI=1S/C15H13ClF3N3O4S.ClH/c1-27(24,25)12-3-2-10(26-15(17,18)19)4-8(12)6-22-7-9(16)5-11(13(22)20)14(21)23;/h2-5,7,20H,6H2,1H3,(H2,21,23);1H. The van der Waals surface area contributed by atoms with E-state index in [9.17, 15) is 26.4 Å². The topological polar surface area (TPSA) is 115 Å². The second-order valence-corrected chi connectivity index (χ2v) is 7.92. The molecule has 0 saturated carbocycles. The van der Waals surface area contributed by atoms with Crippen molar-refractivity contribution in [3.63, 3.8) is 0 Å². The number of aromatic nitrogens is 1. The van der Waals surface area contributed by atoms with Crippen LogP contribution < -0.4 is 16.0 Å². The Bertz CT molecular complexity index is 1070. The molecule has 0 fully saturated rings. The van der Waals surface area contributed by atoms with E-state index in [-0.39, 0.29) is 45.5 Å². The first-order valence-corrected chi connectivity index (χ1v) is 9.38. The van der Waals surface area contributed by atoms with Crippen molar-refractivity contribution in [2.45, 2.75) is 17.8 Å². The van der Waals surface area contributed by atoms with Gasteiger partial charge in [-0.2, -0.15) is 0 Å². The number of hydrogen-bond donors (Lipinski definition) is 2. The molecule has 0 atom stereocenters. The number of nitrogens with one attached hydrogen (secondary N) is 1. The average Bonchev–Trinajstić information content (AvgIpc) is 2.47. The molecule has 7 nitrogen and oxygen atoms in total. The fourth-order valence-corrected chi connectivity index (χ4v) is 3.49. The molecule has 0 aliphatic heterocycles. The highest BCUT2D eigenvalue weighted by Crippen LogP contribution is 2.27. The molecule has 0 aliphatic rings. The maximum atomic E-state index is 12.4. The Morgan fingerprint density at radius 1 is 1.32 bits per heavy atom. The van der Waals surface area contributed by atoms with Crippen LogP contribution >= 0.6 is 24.0 Å². The summed E-state index contributed by atoms with van der Waals surface area (Å²) in [6, 6.07) is 3.88. The van der Waals surface area contributed by atoms with Crippen molar-refractivity contribution in [3.05, 3.63) is 52.1 Å². The van der Waals surface area contributed by atoms with E-state index < -0.39 is 27.9 Å². The van der Waals surface area contributed by atoms with Gasteiger partial charge in [0.05, 0.1) is 22.0 Å². The van der Waals surface area contributed by atoms with Crippen LogP contribution in [0.15, 0.2) is 35.4 Å².